The van der Waals surface area contributed by atoms with Crippen LogP contribution < -0.4 is 5.32 Å². The molecule has 1 fully saturated rings. The summed E-state index contributed by atoms with van der Waals surface area (Å²) in [6, 6.07) is -0.774. The molecule has 8 heteroatoms. The van der Waals surface area contributed by atoms with Gasteiger partial charge in [0.05, 0.1) is 31.5 Å². The van der Waals surface area contributed by atoms with Gasteiger partial charge in [-0.05, 0) is 6.42 Å². The Kier molecular flexibility index (Phi) is 7.03. The first-order valence-corrected chi connectivity index (χ1v) is 6.89. The summed E-state index contributed by atoms with van der Waals surface area (Å²) in [6.45, 7) is 1.71. The molecule has 0 aliphatic carbocycles. The van der Waals surface area contributed by atoms with Crippen LogP contribution in [-0.4, -0.2) is 71.9 Å². The van der Waals surface area contributed by atoms with Crippen LogP contribution in [0.2, 0.25) is 0 Å². The Labute approximate surface area is 123 Å². The Morgan fingerprint density at radius 1 is 1.33 bits per heavy atom. The predicted octanol–water partition coefficient (Wildman–Crippen LogP) is -1.26. The molecule has 5 unspecified atom stereocenters. The van der Waals surface area contributed by atoms with E-state index in [1.54, 1.807) is 0 Å². The Morgan fingerprint density at radius 2 is 2.00 bits per heavy atom. The van der Waals surface area contributed by atoms with Crippen molar-refractivity contribution in [3.8, 4) is 0 Å². The molecule has 0 aromatic carbocycles. The maximum atomic E-state index is 11.6. The van der Waals surface area contributed by atoms with E-state index in [4.69, 9.17) is 14.6 Å². The number of carbonyl (C=O) groups excluding carboxylic acids is 1. The lowest BCUT2D eigenvalue weighted by molar-refractivity contribution is -0.182. The summed E-state index contributed by atoms with van der Waals surface area (Å²) < 4.78 is 10.7. The van der Waals surface area contributed by atoms with Crippen molar-refractivity contribution in [2.45, 2.75) is 44.1 Å². The van der Waals surface area contributed by atoms with E-state index >= 15 is 0 Å². The molecule has 1 aliphatic rings. The Hall–Kier alpha value is -1.22. The molecule has 1 saturated heterocycles. The third kappa shape index (κ3) is 4.63. The number of methoxy groups -OCH3 is 1. The van der Waals surface area contributed by atoms with Gasteiger partial charge in [-0.3, -0.25) is 9.59 Å². The van der Waals surface area contributed by atoms with Gasteiger partial charge in [0.1, 0.15) is 12.5 Å². The van der Waals surface area contributed by atoms with Crippen molar-refractivity contribution in [2.24, 2.45) is 5.92 Å². The van der Waals surface area contributed by atoms with Gasteiger partial charge in [0, 0.05) is 13.0 Å². The summed E-state index contributed by atoms with van der Waals surface area (Å²) in [5.74, 6) is -2.30. The Bertz CT molecular complexity index is 360. The molecule has 0 saturated carbocycles. The van der Waals surface area contributed by atoms with Gasteiger partial charge in [0.25, 0.3) is 0 Å². The van der Waals surface area contributed by atoms with Crippen LogP contribution in [0.5, 0.6) is 0 Å². The first kappa shape index (κ1) is 17.8. The van der Waals surface area contributed by atoms with Crippen molar-refractivity contribution in [3.63, 3.8) is 0 Å². The van der Waals surface area contributed by atoms with Gasteiger partial charge in [-0.25, -0.2) is 0 Å². The van der Waals surface area contributed by atoms with Gasteiger partial charge in [-0.15, -0.1) is 0 Å². The number of nitrogens with one attached hydrogen (secondary N) is 1. The van der Waals surface area contributed by atoms with Gasteiger partial charge in [0.15, 0.2) is 0 Å². The number of carboxylic acid groups (broad SMARTS) is 1. The zero-order valence-electron chi connectivity index (χ0n) is 12.2. The summed E-state index contributed by atoms with van der Waals surface area (Å²) >= 11 is 0. The summed E-state index contributed by atoms with van der Waals surface area (Å²) in [7, 11) is 1.45. The van der Waals surface area contributed by atoms with E-state index < -0.39 is 42.7 Å². The number of amides is 1. The molecule has 1 rings (SSSR count). The first-order chi connectivity index (χ1) is 9.94. The SMILES string of the molecule is CCC1C(CO)OC(COC)C(NC(=O)CC(=O)O)C1O. The minimum Gasteiger partial charge on any atom is -0.481 e. The number of hydrogen-bond donors (Lipinski definition) is 4. The highest BCUT2D eigenvalue weighted by Gasteiger charge is 2.44. The highest BCUT2D eigenvalue weighted by atomic mass is 16.5. The maximum Gasteiger partial charge on any atom is 0.312 e. The van der Waals surface area contributed by atoms with Crippen molar-refractivity contribution in [1.29, 1.82) is 0 Å². The molecule has 21 heavy (non-hydrogen) atoms. The number of hydrogen-bond acceptors (Lipinski definition) is 6. The molecule has 0 aromatic rings. The van der Waals surface area contributed by atoms with Crippen LogP contribution in [0.25, 0.3) is 0 Å². The summed E-state index contributed by atoms with van der Waals surface area (Å²) in [5, 5.41) is 30.8. The van der Waals surface area contributed by atoms with E-state index in [0.29, 0.717) is 6.42 Å². The fourth-order valence-electron chi connectivity index (χ4n) is 2.66. The van der Waals surface area contributed by atoms with Crippen molar-refractivity contribution in [2.75, 3.05) is 20.3 Å². The van der Waals surface area contributed by atoms with E-state index in [2.05, 4.69) is 5.32 Å². The Balaban J connectivity index is 2.84. The second kappa shape index (κ2) is 8.28. The topological polar surface area (TPSA) is 125 Å². The van der Waals surface area contributed by atoms with Crippen LogP contribution in [0.15, 0.2) is 0 Å². The quantitative estimate of drug-likeness (QED) is 0.433. The fourth-order valence-corrected chi connectivity index (χ4v) is 2.66. The van der Waals surface area contributed by atoms with Crippen molar-refractivity contribution in [3.05, 3.63) is 0 Å². The third-order valence-electron chi connectivity index (χ3n) is 3.66. The van der Waals surface area contributed by atoms with Gasteiger partial charge in [-0.1, -0.05) is 6.92 Å². The Morgan fingerprint density at radius 3 is 2.48 bits per heavy atom. The van der Waals surface area contributed by atoms with Crippen LogP contribution >= 0.6 is 0 Å². The number of aliphatic carboxylic acids is 1. The van der Waals surface area contributed by atoms with E-state index in [9.17, 15) is 19.8 Å². The minimum atomic E-state index is -1.25. The second-order valence-corrected chi connectivity index (χ2v) is 5.08. The average Bonchev–Trinajstić information content (AvgIpc) is 2.41. The van der Waals surface area contributed by atoms with Gasteiger partial charge in [0.2, 0.25) is 5.91 Å². The summed E-state index contributed by atoms with van der Waals surface area (Å²) in [4.78, 5) is 22.2. The fraction of sp³-hybridized carbons (Fsp3) is 0.846. The van der Waals surface area contributed by atoms with Gasteiger partial charge < -0.3 is 30.1 Å². The molecule has 1 aliphatic heterocycles. The molecule has 0 bridgehead atoms. The van der Waals surface area contributed by atoms with E-state index in [0.717, 1.165) is 0 Å². The van der Waals surface area contributed by atoms with E-state index in [1.807, 2.05) is 6.92 Å². The lowest BCUT2D eigenvalue weighted by Gasteiger charge is -2.44. The molecular formula is C13H23NO7. The molecule has 8 nitrogen and oxygen atoms in total. The van der Waals surface area contributed by atoms with E-state index in [1.165, 1.54) is 7.11 Å². The number of carboxylic acids is 1. The van der Waals surface area contributed by atoms with Crippen LogP contribution in [-0.2, 0) is 19.1 Å². The lowest BCUT2D eigenvalue weighted by atomic mass is 9.83. The van der Waals surface area contributed by atoms with Crippen LogP contribution in [0.3, 0.4) is 0 Å². The second-order valence-electron chi connectivity index (χ2n) is 5.08. The molecule has 0 spiro atoms. The number of carbonyl (C=O) groups is 2. The van der Waals surface area contributed by atoms with Crippen molar-refractivity contribution >= 4 is 11.9 Å². The molecule has 1 heterocycles. The number of aliphatic hydroxyl groups excluding tert-OH is 2. The monoisotopic (exact) mass is 305 g/mol. The lowest BCUT2D eigenvalue weighted by Crippen LogP contribution is -2.63. The molecule has 0 radical (unpaired) electrons. The molecule has 4 N–H and O–H groups in total. The van der Waals surface area contributed by atoms with E-state index in [-0.39, 0.29) is 19.1 Å². The number of aliphatic hydroxyl groups is 2. The molecule has 5 atom stereocenters. The van der Waals surface area contributed by atoms with Crippen LogP contribution in [0, 0.1) is 5.92 Å². The van der Waals surface area contributed by atoms with Crippen LogP contribution in [0.4, 0.5) is 0 Å². The number of ether oxygens (including phenoxy) is 2. The average molecular weight is 305 g/mol. The maximum absolute atomic E-state index is 11.6. The highest BCUT2D eigenvalue weighted by Crippen LogP contribution is 2.28. The van der Waals surface area contributed by atoms with Crippen molar-refractivity contribution < 1.29 is 34.4 Å². The minimum absolute atomic E-state index is 0.113. The standard InChI is InChI=1S/C13H23NO7/c1-3-7-8(5-15)21-9(6-20-2)12(13(7)19)14-10(16)4-11(17)18/h7-9,12-13,15,19H,3-6H2,1-2H3,(H,14,16)(H,17,18). The first-order valence-electron chi connectivity index (χ1n) is 6.89. The summed E-state index contributed by atoms with van der Waals surface area (Å²) in [5.41, 5.74) is 0. The molecule has 0 aromatic heterocycles. The zero-order chi connectivity index (χ0) is 16.0. The summed E-state index contributed by atoms with van der Waals surface area (Å²) in [6.07, 6.45) is -2.26. The van der Waals surface area contributed by atoms with Crippen molar-refractivity contribution in [1.82, 2.24) is 5.32 Å². The zero-order valence-corrected chi connectivity index (χ0v) is 12.2. The molecule has 1 amide bonds. The normalized spacial score (nSPS) is 32.7. The van der Waals surface area contributed by atoms with Gasteiger partial charge >= 0.3 is 5.97 Å². The molecular weight excluding hydrogens is 282 g/mol. The predicted molar refractivity (Wildman–Crippen MR) is 71.6 cm³/mol. The third-order valence-corrected chi connectivity index (χ3v) is 3.66. The number of rotatable bonds is 7. The van der Waals surface area contributed by atoms with Crippen LogP contribution in [0.1, 0.15) is 19.8 Å². The largest absolute Gasteiger partial charge is 0.481 e. The smallest absolute Gasteiger partial charge is 0.312 e. The van der Waals surface area contributed by atoms with Gasteiger partial charge in [-0.2, -0.15) is 0 Å². The highest BCUT2D eigenvalue weighted by molar-refractivity contribution is 5.93. The molecule has 122 valence electrons.